The van der Waals surface area contributed by atoms with Gasteiger partial charge in [0.15, 0.2) is 17.2 Å². The summed E-state index contributed by atoms with van der Waals surface area (Å²) in [4.78, 5) is 38.0. The molecule has 1 heterocycles. The molecule has 176 valence electrons. The molecule has 3 saturated carbocycles. The van der Waals surface area contributed by atoms with Gasteiger partial charge in [-0.05, 0) is 62.4 Å². The summed E-state index contributed by atoms with van der Waals surface area (Å²) in [6.45, 7) is 4.67. The molecule has 4 aliphatic carbocycles. The molecule has 32 heavy (non-hydrogen) atoms. The lowest BCUT2D eigenvalue weighted by Crippen LogP contribution is -2.63. The van der Waals surface area contributed by atoms with Gasteiger partial charge in [0.2, 0.25) is 0 Å². The summed E-state index contributed by atoms with van der Waals surface area (Å²) in [5.41, 5.74) is -0.666. The van der Waals surface area contributed by atoms with E-state index in [4.69, 9.17) is 25.8 Å². The highest BCUT2D eigenvalue weighted by Gasteiger charge is 2.71. The summed E-state index contributed by atoms with van der Waals surface area (Å²) in [7, 11) is 0. The average molecular weight is 465 g/mol. The van der Waals surface area contributed by atoms with E-state index in [0.717, 1.165) is 25.7 Å². The molecule has 0 unspecified atom stereocenters. The Hall–Kier alpha value is -1.24. The Kier molecular flexibility index (Phi) is 5.58. The van der Waals surface area contributed by atoms with Gasteiger partial charge in [0, 0.05) is 23.7 Å². The van der Waals surface area contributed by atoms with Gasteiger partial charge in [0.25, 0.3) is 0 Å². The van der Waals surface area contributed by atoms with Crippen LogP contribution in [0.3, 0.4) is 0 Å². The predicted molar refractivity (Wildman–Crippen MR) is 117 cm³/mol. The second-order valence-electron chi connectivity index (χ2n) is 10.7. The lowest BCUT2D eigenvalue weighted by atomic mass is 9.45. The molecular weight excluding hydrogens is 432 g/mol. The number of carbonyl (C=O) groups is 3. The van der Waals surface area contributed by atoms with Crippen LogP contribution in [0.15, 0.2) is 11.6 Å². The summed E-state index contributed by atoms with van der Waals surface area (Å²) >= 11 is 6.08. The first-order chi connectivity index (χ1) is 15.3. The number of halogens is 1. The van der Waals surface area contributed by atoms with Gasteiger partial charge in [0.1, 0.15) is 6.79 Å². The topological polar surface area (TPSA) is 78.9 Å². The van der Waals surface area contributed by atoms with Crippen molar-refractivity contribution < 1.29 is 28.6 Å². The number of fused-ring (bicyclic) bond motifs is 2. The zero-order valence-corrected chi connectivity index (χ0v) is 19.7. The van der Waals surface area contributed by atoms with Crippen LogP contribution in [-0.2, 0) is 28.6 Å². The molecule has 0 aromatic heterocycles. The second kappa shape index (κ2) is 7.92. The molecule has 0 aromatic rings. The van der Waals surface area contributed by atoms with Gasteiger partial charge in [-0.3, -0.25) is 14.4 Å². The summed E-state index contributed by atoms with van der Waals surface area (Å²) < 4.78 is 18.3. The molecule has 6 nitrogen and oxygen atoms in total. The van der Waals surface area contributed by atoms with Crippen molar-refractivity contribution in [2.75, 3.05) is 19.3 Å². The highest BCUT2D eigenvalue weighted by Crippen LogP contribution is 2.69. The molecule has 0 bridgehead atoms. The monoisotopic (exact) mass is 464 g/mol. The van der Waals surface area contributed by atoms with E-state index in [0.29, 0.717) is 31.8 Å². The Morgan fingerprint density at radius 1 is 1.25 bits per heavy atom. The third-order valence-corrected chi connectivity index (χ3v) is 9.85. The van der Waals surface area contributed by atoms with Crippen LogP contribution in [0.25, 0.3) is 0 Å². The summed E-state index contributed by atoms with van der Waals surface area (Å²) in [5.74, 6) is 0.318. The fraction of sp³-hybridized carbons (Fsp3) is 0.800. The Morgan fingerprint density at radius 2 is 2.06 bits per heavy atom. The van der Waals surface area contributed by atoms with Crippen LogP contribution < -0.4 is 0 Å². The molecule has 4 fully saturated rings. The molecule has 0 amide bonds. The van der Waals surface area contributed by atoms with Crippen LogP contribution in [0, 0.1) is 28.6 Å². The van der Waals surface area contributed by atoms with Crippen molar-refractivity contribution in [2.45, 2.75) is 76.9 Å². The van der Waals surface area contributed by atoms with Gasteiger partial charge in [-0.25, -0.2) is 0 Å². The number of hydrogen-bond donors (Lipinski definition) is 0. The normalized spacial score (nSPS) is 45.1. The fourth-order valence-electron chi connectivity index (χ4n) is 8.26. The first-order valence-electron chi connectivity index (χ1n) is 12.1. The third kappa shape index (κ3) is 2.94. The Morgan fingerprint density at radius 3 is 2.81 bits per heavy atom. The Labute approximate surface area is 194 Å². The smallest absolute Gasteiger partial charge is 0.306 e. The Bertz CT molecular complexity index is 868. The van der Waals surface area contributed by atoms with E-state index in [1.54, 1.807) is 6.92 Å². The van der Waals surface area contributed by atoms with Crippen molar-refractivity contribution in [3.63, 3.8) is 0 Å². The van der Waals surface area contributed by atoms with Gasteiger partial charge in [-0.15, -0.1) is 11.6 Å². The zero-order chi connectivity index (χ0) is 22.7. The lowest BCUT2D eigenvalue weighted by molar-refractivity contribution is -0.204. The number of rotatable bonds is 4. The molecule has 1 saturated heterocycles. The van der Waals surface area contributed by atoms with Crippen LogP contribution in [0.1, 0.15) is 65.2 Å². The number of Topliss-reactive ketones (excluding diaryl/α,β-unsaturated/α-hetero) is 1. The second-order valence-corrected chi connectivity index (χ2v) is 10.9. The van der Waals surface area contributed by atoms with Gasteiger partial charge in [-0.1, -0.05) is 19.4 Å². The minimum atomic E-state index is -1.19. The summed E-state index contributed by atoms with van der Waals surface area (Å²) in [5, 5.41) is 0. The van der Waals surface area contributed by atoms with Crippen LogP contribution in [-0.4, -0.2) is 48.5 Å². The number of ketones is 2. The minimum Gasteiger partial charge on any atom is -0.450 e. The van der Waals surface area contributed by atoms with Crippen LogP contribution in [0.5, 0.6) is 0 Å². The molecule has 7 atom stereocenters. The third-order valence-electron chi connectivity index (χ3n) is 9.60. The van der Waals surface area contributed by atoms with Crippen LogP contribution in [0.4, 0.5) is 0 Å². The van der Waals surface area contributed by atoms with E-state index < -0.39 is 11.0 Å². The number of carbonyl (C=O) groups excluding carboxylic acids is 3. The van der Waals surface area contributed by atoms with E-state index in [1.165, 1.54) is 5.57 Å². The number of ether oxygens (including phenoxy) is 3. The molecule has 5 aliphatic rings. The quantitative estimate of drug-likeness (QED) is 0.462. The molecule has 0 N–H and O–H groups in total. The van der Waals surface area contributed by atoms with Crippen molar-refractivity contribution in [1.29, 1.82) is 0 Å². The molecule has 0 aromatic carbocycles. The maximum absolute atomic E-state index is 13.3. The largest absolute Gasteiger partial charge is 0.450 e. The van der Waals surface area contributed by atoms with Crippen molar-refractivity contribution >= 4 is 29.1 Å². The molecular formula is C25H33ClO6. The van der Waals surface area contributed by atoms with Crippen LogP contribution in [0.2, 0.25) is 0 Å². The van der Waals surface area contributed by atoms with Crippen molar-refractivity contribution in [1.82, 2.24) is 0 Å². The summed E-state index contributed by atoms with van der Waals surface area (Å²) in [6.07, 6.45) is 7.16. The first kappa shape index (κ1) is 22.5. The summed E-state index contributed by atoms with van der Waals surface area (Å²) in [6, 6.07) is 0. The molecule has 7 heteroatoms. The highest BCUT2D eigenvalue weighted by molar-refractivity contribution is 6.29. The van der Waals surface area contributed by atoms with Crippen molar-refractivity contribution in [3.8, 4) is 0 Å². The maximum atomic E-state index is 13.3. The minimum absolute atomic E-state index is 0.110. The number of esters is 1. The van der Waals surface area contributed by atoms with E-state index in [1.807, 2.05) is 6.08 Å². The maximum Gasteiger partial charge on any atom is 0.306 e. The predicted octanol–water partition coefficient (Wildman–Crippen LogP) is 3.98. The lowest BCUT2D eigenvalue weighted by Gasteiger charge is -2.61. The highest BCUT2D eigenvalue weighted by atomic mass is 35.5. The standard InChI is InChI=1S/C25H33ClO6/c1-3-21(29)32-25(20(28)12-26)9-7-18-17-5-4-15-10-16(27)6-8-24(15)13-30-14-31-19(22(17)24)11-23(18,25)2/h10,17-19,22H,3-9,11-14H2,1-2H3/t17-,18-,19-,22+,23-,24+,25-/m0/s1. The Balaban J connectivity index is 1.59. The average Bonchev–Trinajstić information content (AvgIpc) is 2.95. The molecule has 5 rings (SSSR count). The van der Waals surface area contributed by atoms with Gasteiger partial charge < -0.3 is 14.2 Å². The first-order valence-corrected chi connectivity index (χ1v) is 12.6. The molecule has 0 radical (unpaired) electrons. The van der Waals surface area contributed by atoms with E-state index in [2.05, 4.69) is 6.92 Å². The van der Waals surface area contributed by atoms with Crippen molar-refractivity contribution in [2.24, 2.45) is 28.6 Å². The number of alkyl halides is 1. The van der Waals surface area contributed by atoms with E-state index in [-0.39, 0.29) is 60.0 Å². The fourth-order valence-corrected chi connectivity index (χ4v) is 8.48. The van der Waals surface area contributed by atoms with Crippen molar-refractivity contribution in [3.05, 3.63) is 11.6 Å². The van der Waals surface area contributed by atoms with Gasteiger partial charge in [0.05, 0.1) is 18.6 Å². The number of hydrogen-bond acceptors (Lipinski definition) is 6. The molecule has 1 aliphatic heterocycles. The molecule has 1 spiro atoms. The van der Waals surface area contributed by atoms with E-state index >= 15 is 0 Å². The SMILES string of the molecule is CCC(=O)O[C@]1(C(=O)CCl)CC[C@H]2[C@@H]3CCC4=CC(=O)CC[C@@]45COCO[C@@H](C[C@@]21C)[C@@H]35. The van der Waals surface area contributed by atoms with Gasteiger partial charge in [-0.2, -0.15) is 0 Å². The van der Waals surface area contributed by atoms with E-state index in [9.17, 15) is 14.4 Å². The van der Waals surface area contributed by atoms with Gasteiger partial charge >= 0.3 is 5.97 Å². The van der Waals surface area contributed by atoms with Crippen LogP contribution >= 0.6 is 11.6 Å². The zero-order valence-electron chi connectivity index (χ0n) is 19.0.